The smallest absolute Gasteiger partial charge is 0.298 e. The molecule has 9 nitrogen and oxygen atoms in total. The average molecular weight is 588 g/mol. The van der Waals surface area contributed by atoms with Gasteiger partial charge in [-0.2, -0.15) is 23.2 Å². The lowest BCUT2D eigenvalue weighted by Gasteiger charge is -2.17. The number of aryl methyl sites for hydroxylation is 1. The fourth-order valence-electron chi connectivity index (χ4n) is 3.63. The first-order valence-corrected chi connectivity index (χ1v) is 14.3. The van der Waals surface area contributed by atoms with E-state index in [1.807, 2.05) is 6.07 Å². The van der Waals surface area contributed by atoms with Gasteiger partial charge < -0.3 is 0 Å². The highest BCUT2D eigenvalue weighted by Crippen LogP contribution is 2.39. The minimum atomic E-state index is -4.81. The summed E-state index contributed by atoms with van der Waals surface area (Å²) in [5.74, 6) is -0.603. The van der Waals surface area contributed by atoms with Gasteiger partial charge in [-0.3, -0.25) is 9.55 Å². The van der Waals surface area contributed by atoms with Gasteiger partial charge in [-0.1, -0.05) is 0 Å². The summed E-state index contributed by atoms with van der Waals surface area (Å²) in [5.41, 5.74) is 0.615. The summed E-state index contributed by atoms with van der Waals surface area (Å²) in [4.78, 5) is 3.51. The van der Waals surface area contributed by atoms with Gasteiger partial charge in [0.05, 0.1) is 22.5 Å². The Morgan fingerprint density at radius 2 is 1.84 bits per heavy atom. The van der Waals surface area contributed by atoms with Crippen molar-refractivity contribution in [2.75, 3.05) is 0 Å². The zero-order valence-corrected chi connectivity index (χ0v) is 21.9. The third-order valence-electron chi connectivity index (χ3n) is 5.54. The molecule has 16 heteroatoms. The van der Waals surface area contributed by atoms with Crippen LogP contribution in [0.15, 0.2) is 51.7 Å². The van der Waals surface area contributed by atoms with Crippen LogP contribution in [0, 0.1) is 24.1 Å². The van der Waals surface area contributed by atoms with Crippen LogP contribution in [0.3, 0.4) is 0 Å². The van der Waals surface area contributed by atoms with Gasteiger partial charge in [0.2, 0.25) is 20.0 Å². The minimum Gasteiger partial charge on any atom is -0.298 e. The molecule has 0 saturated carbocycles. The van der Waals surface area contributed by atoms with Crippen molar-refractivity contribution in [3.05, 3.63) is 59.5 Å². The van der Waals surface area contributed by atoms with E-state index in [1.165, 1.54) is 40.5 Å². The number of hydrogen-bond donors (Lipinski definition) is 2. The van der Waals surface area contributed by atoms with Crippen LogP contribution in [0.1, 0.15) is 18.1 Å². The van der Waals surface area contributed by atoms with Gasteiger partial charge in [-0.15, -0.1) is 11.3 Å². The molecule has 0 aliphatic carbocycles. The van der Waals surface area contributed by atoms with Crippen LogP contribution in [0.25, 0.3) is 27.3 Å². The standard InChI is InChI=1S/C22H17F4N5O4S3/c1-11-7-18-14(8-16(11)23)15(9-27)21(31(18)19-5-6-20(36-19)37(28,32)33)17-4-3-13(10-29-17)38(34,35)30-12(2)22(24,25)26/h3-8,10,12,30H,1-2H3,(H2,28,32,33). The minimum absolute atomic E-state index is 0.0178. The Labute approximate surface area is 218 Å². The van der Waals surface area contributed by atoms with Crippen LogP contribution in [0.4, 0.5) is 17.6 Å². The maximum absolute atomic E-state index is 14.5. The molecule has 1 aromatic carbocycles. The Balaban J connectivity index is 1.93. The number of halogens is 4. The summed E-state index contributed by atoms with van der Waals surface area (Å²) in [7, 11) is -8.67. The van der Waals surface area contributed by atoms with E-state index in [1.54, 1.807) is 0 Å². The molecule has 3 aromatic heterocycles. The molecule has 3 N–H and O–H groups in total. The highest BCUT2D eigenvalue weighted by atomic mass is 32.2. The van der Waals surface area contributed by atoms with Gasteiger partial charge in [0.1, 0.15) is 32.0 Å². The lowest BCUT2D eigenvalue weighted by atomic mass is 10.1. The molecular weight excluding hydrogens is 570 g/mol. The third-order valence-corrected chi connectivity index (χ3v) is 9.57. The highest BCUT2D eigenvalue weighted by Gasteiger charge is 2.39. The topological polar surface area (TPSA) is 148 Å². The lowest BCUT2D eigenvalue weighted by molar-refractivity contribution is -0.147. The second-order valence-electron chi connectivity index (χ2n) is 8.19. The summed E-state index contributed by atoms with van der Waals surface area (Å²) < 4.78 is 104. The largest absolute Gasteiger partial charge is 0.404 e. The number of nitrogens with zero attached hydrogens (tertiary/aromatic N) is 3. The maximum atomic E-state index is 14.5. The fourth-order valence-corrected chi connectivity index (χ4v) is 6.54. The van der Waals surface area contributed by atoms with Crippen molar-refractivity contribution in [3.63, 3.8) is 0 Å². The van der Waals surface area contributed by atoms with Crippen molar-refractivity contribution in [3.8, 4) is 22.5 Å². The molecule has 0 spiro atoms. The first kappa shape index (κ1) is 27.7. The van der Waals surface area contributed by atoms with Crippen LogP contribution in [0.2, 0.25) is 0 Å². The SMILES string of the molecule is Cc1cc2c(cc1F)c(C#N)c(-c1ccc(S(=O)(=O)NC(C)C(F)(F)F)cn1)n2-c1ccc(S(N)(=O)=O)s1. The van der Waals surface area contributed by atoms with E-state index >= 15 is 0 Å². The number of nitrogens with two attached hydrogens (primary N) is 1. The first-order chi connectivity index (χ1) is 17.5. The number of nitrogens with one attached hydrogen (secondary N) is 1. The Kier molecular flexibility index (Phi) is 6.87. The number of nitriles is 1. The zero-order valence-electron chi connectivity index (χ0n) is 19.4. The van der Waals surface area contributed by atoms with Crippen molar-refractivity contribution < 1.29 is 34.4 Å². The molecule has 1 unspecified atom stereocenters. The van der Waals surface area contributed by atoms with Crippen molar-refractivity contribution in [1.29, 1.82) is 5.26 Å². The number of thiophene rings is 1. The Morgan fingerprint density at radius 1 is 1.16 bits per heavy atom. The molecule has 38 heavy (non-hydrogen) atoms. The maximum Gasteiger partial charge on any atom is 0.404 e. The second kappa shape index (κ2) is 9.43. The van der Waals surface area contributed by atoms with E-state index in [0.717, 1.165) is 29.7 Å². The Morgan fingerprint density at radius 3 is 2.37 bits per heavy atom. The Hall–Kier alpha value is -3.36. The summed E-state index contributed by atoms with van der Waals surface area (Å²) in [6, 6.07) is 7.07. The molecule has 4 rings (SSSR count). The average Bonchev–Trinajstić information content (AvgIpc) is 3.41. The van der Waals surface area contributed by atoms with E-state index in [9.17, 15) is 39.7 Å². The molecule has 0 radical (unpaired) electrons. The number of rotatable bonds is 6. The highest BCUT2D eigenvalue weighted by molar-refractivity contribution is 7.91. The molecule has 0 fully saturated rings. The number of alkyl halides is 3. The van der Waals surface area contributed by atoms with E-state index in [2.05, 4.69) is 4.98 Å². The van der Waals surface area contributed by atoms with Gasteiger partial charge >= 0.3 is 6.18 Å². The van der Waals surface area contributed by atoms with Crippen molar-refractivity contribution in [2.24, 2.45) is 5.14 Å². The van der Waals surface area contributed by atoms with Crippen LogP contribution in [-0.2, 0) is 20.0 Å². The first-order valence-electron chi connectivity index (χ1n) is 10.5. The fraction of sp³-hybridized carbons (Fsp3) is 0.182. The van der Waals surface area contributed by atoms with E-state index in [4.69, 9.17) is 5.14 Å². The molecule has 200 valence electrons. The summed E-state index contributed by atoms with van der Waals surface area (Å²) >= 11 is 0.774. The molecular formula is C22H17F4N5O4S3. The monoisotopic (exact) mass is 587 g/mol. The van der Waals surface area contributed by atoms with Crippen molar-refractivity contribution >= 4 is 42.3 Å². The van der Waals surface area contributed by atoms with E-state index < -0.39 is 43.0 Å². The number of sulfonamides is 2. The third kappa shape index (κ3) is 5.02. The van der Waals surface area contributed by atoms with E-state index in [0.29, 0.717) is 12.4 Å². The molecule has 0 saturated heterocycles. The van der Waals surface area contributed by atoms with Crippen molar-refractivity contribution in [2.45, 2.75) is 35.2 Å². The quantitative estimate of drug-likeness (QED) is 0.327. The number of fused-ring (bicyclic) bond motifs is 1. The normalized spacial score (nSPS) is 13.5. The zero-order chi connectivity index (χ0) is 28.2. The van der Waals surface area contributed by atoms with Crippen LogP contribution in [-0.4, -0.2) is 38.6 Å². The van der Waals surface area contributed by atoms with Crippen LogP contribution < -0.4 is 9.86 Å². The van der Waals surface area contributed by atoms with Gasteiger partial charge in [-0.25, -0.2) is 26.4 Å². The van der Waals surface area contributed by atoms with E-state index in [-0.39, 0.29) is 37.1 Å². The number of hydrogen-bond acceptors (Lipinski definition) is 7. The van der Waals surface area contributed by atoms with Gasteiger partial charge in [0.25, 0.3) is 0 Å². The van der Waals surface area contributed by atoms with Crippen LogP contribution in [0.5, 0.6) is 0 Å². The predicted molar refractivity (Wildman–Crippen MR) is 131 cm³/mol. The molecule has 4 aromatic rings. The summed E-state index contributed by atoms with van der Waals surface area (Å²) in [5, 5.41) is 15.6. The molecule has 0 aliphatic heterocycles. The number of pyridine rings is 1. The molecule has 3 heterocycles. The molecule has 0 amide bonds. The molecule has 0 aliphatic rings. The lowest BCUT2D eigenvalue weighted by Crippen LogP contribution is -2.42. The van der Waals surface area contributed by atoms with Gasteiger partial charge in [0, 0.05) is 11.6 Å². The summed E-state index contributed by atoms with van der Waals surface area (Å²) in [6.45, 7) is 2.14. The number of primary sulfonamides is 1. The van der Waals surface area contributed by atoms with Crippen molar-refractivity contribution in [1.82, 2.24) is 14.3 Å². The molecule has 0 bridgehead atoms. The summed E-state index contributed by atoms with van der Waals surface area (Å²) in [6.07, 6.45) is -3.99. The number of benzene rings is 1. The van der Waals surface area contributed by atoms with Gasteiger partial charge in [-0.05, 0) is 55.8 Å². The predicted octanol–water partition coefficient (Wildman–Crippen LogP) is 3.95. The number of aromatic nitrogens is 2. The Bertz CT molecular complexity index is 1820. The second-order valence-corrected chi connectivity index (χ2v) is 12.8. The van der Waals surface area contributed by atoms with Gasteiger partial charge in [0.15, 0.2) is 0 Å². The molecule has 1 atom stereocenters. The van der Waals surface area contributed by atoms with Crippen LogP contribution >= 0.6 is 11.3 Å².